The normalized spacial score (nSPS) is 16.8. The molecular weight excluding hydrogens is 346 g/mol. The summed E-state index contributed by atoms with van der Waals surface area (Å²) >= 11 is 1.59. The molecular formula is C21H23NO3S. The molecule has 0 spiro atoms. The van der Waals surface area contributed by atoms with Crippen molar-refractivity contribution >= 4 is 17.7 Å². The fourth-order valence-electron chi connectivity index (χ4n) is 3.23. The highest BCUT2D eigenvalue weighted by Gasteiger charge is 2.34. The number of ether oxygens (including phenoxy) is 2. The fraction of sp³-hybridized carbons (Fsp3) is 0.381. The molecule has 1 amide bonds. The van der Waals surface area contributed by atoms with Gasteiger partial charge in [0, 0.05) is 4.90 Å². The average molecular weight is 369 g/mol. The van der Waals surface area contributed by atoms with Crippen LogP contribution < -0.4 is 14.8 Å². The smallest absolute Gasteiger partial charge is 0.230 e. The van der Waals surface area contributed by atoms with Gasteiger partial charge < -0.3 is 14.8 Å². The number of nitrogens with one attached hydrogen (secondary N) is 1. The molecule has 1 heterocycles. The number of aryl methyl sites for hydroxylation is 1. The number of benzene rings is 2. The van der Waals surface area contributed by atoms with E-state index in [-0.39, 0.29) is 11.9 Å². The third kappa shape index (κ3) is 3.98. The first kappa shape index (κ1) is 17.3. The molecule has 4 nitrogen and oxygen atoms in total. The predicted molar refractivity (Wildman–Crippen MR) is 103 cm³/mol. The number of carbonyl (C=O) groups excluding carboxylic acids is 1. The lowest BCUT2D eigenvalue weighted by molar-refractivity contribution is -0.119. The molecule has 1 aliphatic heterocycles. The summed E-state index contributed by atoms with van der Waals surface area (Å²) in [5.41, 5.74) is 2.31. The van der Waals surface area contributed by atoms with Crippen molar-refractivity contribution in [2.24, 2.45) is 5.92 Å². The number of amides is 1. The van der Waals surface area contributed by atoms with Gasteiger partial charge in [0.15, 0.2) is 11.5 Å². The van der Waals surface area contributed by atoms with Gasteiger partial charge in [-0.25, -0.2) is 0 Å². The lowest BCUT2D eigenvalue weighted by Gasteiger charge is -2.23. The summed E-state index contributed by atoms with van der Waals surface area (Å²) in [6, 6.07) is 14.2. The molecule has 1 aliphatic carbocycles. The van der Waals surface area contributed by atoms with Gasteiger partial charge in [-0.2, -0.15) is 0 Å². The van der Waals surface area contributed by atoms with Crippen molar-refractivity contribution < 1.29 is 14.3 Å². The highest BCUT2D eigenvalue weighted by Crippen LogP contribution is 2.43. The van der Waals surface area contributed by atoms with E-state index in [1.807, 2.05) is 30.3 Å². The van der Waals surface area contributed by atoms with Crippen LogP contribution in [0.15, 0.2) is 47.4 Å². The minimum atomic E-state index is 0.0517. The van der Waals surface area contributed by atoms with Crippen LogP contribution in [0.3, 0.4) is 0 Å². The minimum Gasteiger partial charge on any atom is -0.486 e. The number of carbonyl (C=O) groups is 1. The van der Waals surface area contributed by atoms with Gasteiger partial charge in [0.1, 0.15) is 13.2 Å². The number of rotatable bonds is 6. The van der Waals surface area contributed by atoms with Crippen molar-refractivity contribution in [2.75, 3.05) is 19.0 Å². The van der Waals surface area contributed by atoms with Crippen molar-refractivity contribution in [2.45, 2.75) is 30.7 Å². The summed E-state index contributed by atoms with van der Waals surface area (Å²) in [5.74, 6) is 2.59. The number of hydrogen-bond donors (Lipinski definition) is 1. The van der Waals surface area contributed by atoms with Gasteiger partial charge in [-0.15, -0.1) is 11.8 Å². The maximum Gasteiger partial charge on any atom is 0.230 e. The second kappa shape index (κ2) is 7.62. The molecule has 0 aromatic heterocycles. The molecule has 1 N–H and O–H groups in total. The molecule has 2 aliphatic rings. The SMILES string of the molecule is Cc1ccccc1SCC(=O)NC(c1ccc2c(c1)OCCO2)C1CC1. The lowest BCUT2D eigenvalue weighted by Crippen LogP contribution is -2.31. The van der Waals surface area contributed by atoms with Crippen LogP contribution in [0.5, 0.6) is 11.5 Å². The molecule has 1 unspecified atom stereocenters. The Hall–Kier alpha value is -2.14. The summed E-state index contributed by atoms with van der Waals surface area (Å²) in [4.78, 5) is 13.7. The highest BCUT2D eigenvalue weighted by atomic mass is 32.2. The second-order valence-corrected chi connectivity index (χ2v) is 7.86. The molecule has 1 atom stereocenters. The van der Waals surface area contributed by atoms with Crippen LogP contribution in [-0.2, 0) is 4.79 Å². The Morgan fingerprint density at radius 1 is 1.15 bits per heavy atom. The third-order valence-corrected chi connectivity index (χ3v) is 5.96. The third-order valence-electron chi connectivity index (χ3n) is 4.79. The standard InChI is InChI=1S/C21H23NO3S/c1-14-4-2-3-5-19(14)26-13-20(23)22-21(15-6-7-15)16-8-9-17-18(12-16)25-11-10-24-17/h2-5,8-9,12,15,21H,6-7,10-11,13H2,1H3,(H,22,23). The van der Waals surface area contributed by atoms with E-state index < -0.39 is 0 Å². The average Bonchev–Trinajstić information content (AvgIpc) is 3.50. The Balaban J connectivity index is 1.42. The fourth-order valence-corrected chi connectivity index (χ4v) is 4.07. The zero-order chi connectivity index (χ0) is 17.9. The summed E-state index contributed by atoms with van der Waals surface area (Å²) < 4.78 is 11.3. The first-order chi connectivity index (χ1) is 12.7. The van der Waals surface area contributed by atoms with E-state index in [4.69, 9.17) is 9.47 Å². The van der Waals surface area contributed by atoms with Crippen LogP contribution in [0.1, 0.15) is 30.0 Å². The molecule has 1 fully saturated rings. The molecule has 5 heteroatoms. The maximum atomic E-state index is 12.5. The minimum absolute atomic E-state index is 0.0517. The Labute approximate surface area is 158 Å². The first-order valence-corrected chi connectivity index (χ1v) is 10.1. The van der Waals surface area contributed by atoms with Crippen molar-refractivity contribution in [1.29, 1.82) is 0 Å². The molecule has 4 rings (SSSR count). The van der Waals surface area contributed by atoms with Crippen molar-refractivity contribution in [1.82, 2.24) is 5.32 Å². The van der Waals surface area contributed by atoms with E-state index in [1.54, 1.807) is 11.8 Å². The number of fused-ring (bicyclic) bond motifs is 1. The largest absolute Gasteiger partial charge is 0.486 e. The van der Waals surface area contributed by atoms with Crippen LogP contribution in [0, 0.1) is 12.8 Å². The van der Waals surface area contributed by atoms with Crippen LogP contribution in [0.4, 0.5) is 0 Å². The van der Waals surface area contributed by atoms with E-state index in [1.165, 1.54) is 5.56 Å². The summed E-state index contributed by atoms with van der Waals surface area (Å²) in [7, 11) is 0. The Bertz CT molecular complexity index is 804. The molecule has 26 heavy (non-hydrogen) atoms. The van der Waals surface area contributed by atoms with Gasteiger partial charge in [-0.05, 0) is 55.0 Å². The van der Waals surface area contributed by atoms with Gasteiger partial charge >= 0.3 is 0 Å². The summed E-state index contributed by atoms with van der Waals surface area (Å²) in [5, 5.41) is 3.24. The summed E-state index contributed by atoms with van der Waals surface area (Å²) in [6.07, 6.45) is 2.31. The van der Waals surface area contributed by atoms with E-state index in [2.05, 4.69) is 24.4 Å². The lowest BCUT2D eigenvalue weighted by atomic mass is 10.0. The quantitative estimate of drug-likeness (QED) is 0.778. The van der Waals surface area contributed by atoms with Gasteiger partial charge in [0.25, 0.3) is 0 Å². The zero-order valence-corrected chi connectivity index (χ0v) is 15.7. The molecule has 0 saturated heterocycles. The highest BCUT2D eigenvalue weighted by molar-refractivity contribution is 8.00. The molecule has 2 aromatic rings. The molecule has 1 saturated carbocycles. The van der Waals surface area contributed by atoms with E-state index in [0.29, 0.717) is 24.9 Å². The van der Waals surface area contributed by atoms with Crippen LogP contribution >= 0.6 is 11.8 Å². The van der Waals surface area contributed by atoms with Gasteiger partial charge in [0.05, 0.1) is 11.8 Å². The van der Waals surface area contributed by atoms with Crippen LogP contribution in [-0.4, -0.2) is 24.9 Å². The van der Waals surface area contributed by atoms with E-state index in [0.717, 1.165) is 34.8 Å². The maximum absolute atomic E-state index is 12.5. The molecule has 136 valence electrons. The Morgan fingerprint density at radius 2 is 1.92 bits per heavy atom. The number of thioether (sulfide) groups is 1. The molecule has 0 radical (unpaired) electrons. The van der Waals surface area contributed by atoms with Gasteiger partial charge in [-0.3, -0.25) is 4.79 Å². The molecule has 0 bridgehead atoms. The first-order valence-electron chi connectivity index (χ1n) is 9.08. The predicted octanol–water partition coefficient (Wildman–Crippen LogP) is 4.13. The van der Waals surface area contributed by atoms with Crippen LogP contribution in [0.2, 0.25) is 0 Å². The second-order valence-electron chi connectivity index (χ2n) is 6.84. The molecule has 2 aromatic carbocycles. The van der Waals surface area contributed by atoms with Crippen LogP contribution in [0.25, 0.3) is 0 Å². The topological polar surface area (TPSA) is 47.6 Å². The number of hydrogen-bond acceptors (Lipinski definition) is 4. The Morgan fingerprint density at radius 3 is 2.69 bits per heavy atom. The van der Waals surface area contributed by atoms with Crippen molar-refractivity contribution in [3.05, 3.63) is 53.6 Å². The Kier molecular flexibility index (Phi) is 5.07. The van der Waals surface area contributed by atoms with Crippen molar-refractivity contribution in [3.8, 4) is 11.5 Å². The van der Waals surface area contributed by atoms with E-state index >= 15 is 0 Å². The van der Waals surface area contributed by atoms with E-state index in [9.17, 15) is 4.79 Å². The van der Waals surface area contributed by atoms with Gasteiger partial charge in [-0.1, -0.05) is 24.3 Å². The van der Waals surface area contributed by atoms with Gasteiger partial charge in [0.2, 0.25) is 5.91 Å². The zero-order valence-electron chi connectivity index (χ0n) is 14.9. The summed E-state index contributed by atoms with van der Waals surface area (Å²) in [6.45, 7) is 3.23. The van der Waals surface area contributed by atoms with Crippen molar-refractivity contribution in [3.63, 3.8) is 0 Å². The monoisotopic (exact) mass is 369 g/mol.